The highest BCUT2D eigenvalue weighted by Gasteiger charge is 2.10. The lowest BCUT2D eigenvalue weighted by atomic mass is 10.1. The molecular formula is C18H26N4O2S. The minimum absolute atomic E-state index is 0.184. The van der Waals surface area contributed by atoms with E-state index in [9.17, 15) is 9.59 Å². The third-order valence-corrected chi connectivity index (χ3v) is 3.32. The molecule has 6 nitrogen and oxygen atoms in total. The fourth-order valence-corrected chi connectivity index (χ4v) is 1.88. The Morgan fingerprint density at radius 3 is 2.32 bits per heavy atom. The number of benzene rings is 1. The van der Waals surface area contributed by atoms with E-state index in [0.29, 0.717) is 11.1 Å². The fraction of sp³-hybridized carbons (Fsp3) is 0.333. The van der Waals surface area contributed by atoms with Crippen LogP contribution in [0.2, 0.25) is 0 Å². The van der Waals surface area contributed by atoms with Gasteiger partial charge in [-0.05, 0) is 52.1 Å². The van der Waals surface area contributed by atoms with Crippen molar-refractivity contribution >= 4 is 24.4 Å². The van der Waals surface area contributed by atoms with Crippen LogP contribution in [-0.2, 0) is 4.79 Å². The van der Waals surface area contributed by atoms with E-state index < -0.39 is 11.4 Å². The minimum atomic E-state index is -0.616. The van der Waals surface area contributed by atoms with E-state index in [1.165, 1.54) is 12.3 Å². The topological polar surface area (TPSA) is 96.2 Å². The number of aryl methyl sites for hydroxylation is 1. The molecule has 0 saturated heterocycles. The Bertz CT molecular complexity index is 661. The van der Waals surface area contributed by atoms with Gasteiger partial charge in [0.15, 0.2) is 0 Å². The van der Waals surface area contributed by atoms with Crippen LogP contribution in [0.5, 0.6) is 0 Å². The molecule has 0 radical (unpaired) electrons. The molecule has 1 aromatic rings. The maximum atomic E-state index is 12.1. The van der Waals surface area contributed by atoms with E-state index >= 15 is 0 Å². The van der Waals surface area contributed by atoms with Gasteiger partial charge in [0, 0.05) is 17.3 Å². The Kier molecular flexibility index (Phi) is 7.57. The summed E-state index contributed by atoms with van der Waals surface area (Å²) in [5.74, 6) is -0.810. The van der Waals surface area contributed by atoms with Gasteiger partial charge in [0.2, 0.25) is 5.91 Å². The lowest BCUT2D eigenvalue weighted by molar-refractivity contribution is -0.114. The largest absolute Gasteiger partial charge is 0.386 e. The van der Waals surface area contributed by atoms with Crippen LogP contribution in [0.25, 0.3) is 0 Å². The van der Waals surface area contributed by atoms with Crippen molar-refractivity contribution < 1.29 is 9.59 Å². The summed E-state index contributed by atoms with van der Waals surface area (Å²) in [7, 11) is 0. The molecule has 2 amide bonds. The zero-order valence-electron chi connectivity index (χ0n) is 15.0. The van der Waals surface area contributed by atoms with Crippen molar-refractivity contribution in [2.75, 3.05) is 0 Å². The molecular weight excluding hydrogens is 336 g/mol. The first-order chi connectivity index (χ1) is 11.6. The highest BCUT2D eigenvalue weighted by atomic mass is 32.1. The van der Waals surface area contributed by atoms with Crippen LogP contribution in [0.15, 0.2) is 48.3 Å². The quantitative estimate of drug-likeness (QED) is 0.221. The van der Waals surface area contributed by atoms with Crippen molar-refractivity contribution in [3.8, 4) is 0 Å². The predicted molar refractivity (Wildman–Crippen MR) is 104 cm³/mol. The van der Waals surface area contributed by atoms with Crippen molar-refractivity contribution in [1.29, 1.82) is 0 Å². The first kappa shape index (κ1) is 20.6. The van der Waals surface area contributed by atoms with Gasteiger partial charge in [0.05, 0.1) is 5.57 Å². The maximum Gasteiger partial charge on any atom is 0.253 e. The molecule has 1 rings (SSSR count). The van der Waals surface area contributed by atoms with Crippen LogP contribution in [0.1, 0.15) is 36.7 Å². The first-order valence-electron chi connectivity index (χ1n) is 7.84. The lowest BCUT2D eigenvalue weighted by Gasteiger charge is -2.19. The number of hydrogen-bond acceptors (Lipinski definition) is 5. The number of thiol groups is 1. The maximum absolute atomic E-state index is 12.1. The molecule has 0 aliphatic carbocycles. The van der Waals surface area contributed by atoms with Gasteiger partial charge in [0.1, 0.15) is 5.50 Å². The molecule has 0 heterocycles. The number of carbonyl (C=O) groups excluding carboxylic acids is 2. The van der Waals surface area contributed by atoms with Crippen molar-refractivity contribution in [3.05, 3.63) is 59.4 Å². The van der Waals surface area contributed by atoms with Gasteiger partial charge in [-0.3, -0.25) is 9.59 Å². The molecule has 0 spiro atoms. The molecule has 0 bridgehead atoms. The van der Waals surface area contributed by atoms with Gasteiger partial charge >= 0.3 is 0 Å². The van der Waals surface area contributed by atoms with Crippen molar-refractivity contribution in [2.24, 2.45) is 5.73 Å². The van der Waals surface area contributed by atoms with E-state index in [2.05, 4.69) is 28.6 Å². The van der Waals surface area contributed by atoms with Gasteiger partial charge in [-0.15, -0.1) is 12.6 Å². The molecule has 0 aromatic heterocycles. The molecule has 136 valence electrons. The fourth-order valence-electron chi connectivity index (χ4n) is 1.68. The highest BCUT2D eigenvalue weighted by molar-refractivity contribution is 7.80. The number of nitrogens with two attached hydrogens (primary N) is 1. The molecule has 25 heavy (non-hydrogen) atoms. The van der Waals surface area contributed by atoms with Crippen molar-refractivity contribution in [1.82, 2.24) is 16.0 Å². The highest BCUT2D eigenvalue weighted by Crippen LogP contribution is 2.04. The Morgan fingerprint density at radius 2 is 1.80 bits per heavy atom. The van der Waals surface area contributed by atoms with Gasteiger partial charge < -0.3 is 21.7 Å². The monoisotopic (exact) mass is 362 g/mol. The molecule has 0 aliphatic rings. The molecule has 1 atom stereocenters. The number of amides is 2. The summed E-state index contributed by atoms with van der Waals surface area (Å²) >= 11 is 4.25. The first-order valence-corrected chi connectivity index (χ1v) is 8.36. The normalized spacial score (nSPS) is 13.4. The number of primary amides is 1. The lowest BCUT2D eigenvalue weighted by Crippen LogP contribution is -2.39. The van der Waals surface area contributed by atoms with Gasteiger partial charge in [0.25, 0.3) is 5.91 Å². The van der Waals surface area contributed by atoms with Crippen molar-refractivity contribution in [3.63, 3.8) is 0 Å². The number of rotatable bonds is 7. The van der Waals surface area contributed by atoms with Gasteiger partial charge in [-0.25, -0.2) is 0 Å². The second-order valence-electron chi connectivity index (χ2n) is 6.60. The van der Waals surface area contributed by atoms with E-state index in [-0.39, 0.29) is 11.4 Å². The second-order valence-corrected chi connectivity index (χ2v) is 7.12. The summed E-state index contributed by atoms with van der Waals surface area (Å²) in [6.07, 6.45) is 4.58. The zero-order valence-corrected chi connectivity index (χ0v) is 15.9. The van der Waals surface area contributed by atoms with Gasteiger partial charge in [-0.2, -0.15) is 0 Å². The van der Waals surface area contributed by atoms with Crippen molar-refractivity contribution in [2.45, 2.75) is 38.7 Å². The number of carbonyl (C=O) groups is 2. The Balaban J connectivity index is 2.59. The summed E-state index contributed by atoms with van der Waals surface area (Å²) < 4.78 is 0. The van der Waals surface area contributed by atoms with Crippen LogP contribution in [0.3, 0.4) is 0 Å². The molecule has 7 heteroatoms. The zero-order chi connectivity index (χ0) is 19.0. The van der Waals surface area contributed by atoms with Crippen LogP contribution in [0.4, 0.5) is 0 Å². The minimum Gasteiger partial charge on any atom is -0.386 e. The summed E-state index contributed by atoms with van der Waals surface area (Å²) in [6.45, 7) is 7.85. The van der Waals surface area contributed by atoms with Crippen LogP contribution < -0.4 is 21.7 Å². The third kappa shape index (κ3) is 8.30. The van der Waals surface area contributed by atoms with Crippen LogP contribution in [0, 0.1) is 6.92 Å². The van der Waals surface area contributed by atoms with Crippen LogP contribution >= 0.6 is 12.6 Å². The molecule has 5 N–H and O–H groups in total. The molecule has 0 saturated carbocycles. The second kappa shape index (κ2) is 9.17. The van der Waals surface area contributed by atoms with Gasteiger partial charge in [-0.1, -0.05) is 17.7 Å². The molecule has 0 fully saturated rings. The number of hydrogen-bond donors (Lipinski definition) is 5. The SMILES string of the molecule is Cc1ccc(C(=O)NC(S)N/C=C/C(=C\NC(C)(C)C)C(N)=O)cc1. The standard InChI is InChI=1S/C18H26N4O2S/c1-12-5-7-13(8-6-12)16(24)22-17(25)20-10-9-14(15(19)23)11-21-18(2,3)4/h5-11,17,20-21,25H,1-4H3,(H2,19,23)(H,22,24)/b10-9+,14-11+. The van der Waals surface area contributed by atoms with E-state index in [1.54, 1.807) is 18.3 Å². The third-order valence-electron chi connectivity index (χ3n) is 3.04. The number of nitrogens with one attached hydrogen (secondary N) is 3. The summed E-state index contributed by atoms with van der Waals surface area (Å²) in [6, 6.07) is 7.21. The predicted octanol–water partition coefficient (Wildman–Crippen LogP) is 1.80. The Hall–Kier alpha value is -2.41. The molecule has 1 aromatic carbocycles. The summed E-state index contributed by atoms with van der Waals surface area (Å²) in [4.78, 5) is 23.5. The smallest absolute Gasteiger partial charge is 0.253 e. The van der Waals surface area contributed by atoms with Crippen LogP contribution in [-0.4, -0.2) is 22.9 Å². The van der Waals surface area contributed by atoms with E-state index in [0.717, 1.165) is 5.56 Å². The Labute approximate surface area is 154 Å². The molecule has 0 aliphatic heterocycles. The summed E-state index contributed by atoms with van der Waals surface area (Å²) in [5.41, 5.74) is 6.46. The molecule has 1 unspecified atom stereocenters. The Morgan fingerprint density at radius 1 is 1.20 bits per heavy atom. The average Bonchev–Trinajstić information content (AvgIpc) is 2.49. The van der Waals surface area contributed by atoms with E-state index in [1.807, 2.05) is 39.8 Å². The average molecular weight is 362 g/mol. The van der Waals surface area contributed by atoms with E-state index in [4.69, 9.17) is 5.73 Å². The summed E-state index contributed by atoms with van der Waals surface area (Å²) in [5, 5.41) is 8.61.